The van der Waals surface area contributed by atoms with E-state index in [-0.39, 0.29) is 5.75 Å². The number of hydrogen-bond acceptors (Lipinski definition) is 4. The van der Waals surface area contributed by atoms with Crippen LogP contribution in [0.2, 0.25) is 0 Å². The molecule has 0 spiro atoms. The van der Waals surface area contributed by atoms with E-state index in [0.717, 1.165) is 32.6 Å². The van der Waals surface area contributed by atoms with Crippen LogP contribution in [-0.4, -0.2) is 5.11 Å². The van der Waals surface area contributed by atoms with Crippen LogP contribution in [0.4, 0.5) is 0 Å². The number of hydrogen-bond donors (Lipinski definition) is 1. The van der Waals surface area contributed by atoms with Crippen LogP contribution in [0.15, 0.2) is 164 Å². The van der Waals surface area contributed by atoms with Crippen molar-refractivity contribution in [2.24, 2.45) is 0 Å². The van der Waals surface area contributed by atoms with Crippen LogP contribution >= 0.6 is 28.4 Å². The molecule has 6 aromatic rings. The molecule has 6 rings (SSSR count). The zero-order valence-corrected chi connectivity index (χ0v) is 34.0. The van der Waals surface area contributed by atoms with Gasteiger partial charge < -0.3 is 0 Å². The van der Waals surface area contributed by atoms with Gasteiger partial charge in [0, 0.05) is 0 Å². The molecule has 0 bridgehead atoms. The van der Waals surface area contributed by atoms with E-state index in [2.05, 4.69) is 93.4 Å². The summed E-state index contributed by atoms with van der Waals surface area (Å²) >= 11 is 4.69. The van der Waals surface area contributed by atoms with E-state index in [1.807, 2.05) is 127 Å². The second-order valence-electron chi connectivity index (χ2n) is 15.3. The Morgan fingerprint density at radius 1 is 0.538 bits per heavy atom. The number of phenolic OH excluding ortho intramolecular Hbond substituents is 1. The van der Waals surface area contributed by atoms with Crippen molar-refractivity contribution < 1.29 is 18.7 Å². The van der Waals surface area contributed by atoms with E-state index < -0.39 is 29.1 Å². The summed E-state index contributed by atoms with van der Waals surface area (Å²) in [7, 11) is -4.41. The third-order valence-electron chi connectivity index (χ3n) is 9.54. The third kappa shape index (κ3) is 6.88. The van der Waals surface area contributed by atoms with Crippen molar-refractivity contribution in [3.05, 3.63) is 180 Å². The van der Waals surface area contributed by atoms with E-state index >= 15 is 4.57 Å². The molecule has 0 aliphatic rings. The van der Waals surface area contributed by atoms with Crippen molar-refractivity contribution in [1.29, 1.82) is 0 Å². The topological polar surface area (TPSA) is 55.8 Å². The van der Waals surface area contributed by atoms with Crippen LogP contribution in [-0.2, 0) is 15.4 Å². The van der Waals surface area contributed by atoms with Gasteiger partial charge in [0.15, 0.2) is 0 Å². The zero-order chi connectivity index (χ0) is 37.2. The Hall–Kier alpha value is -4.14. The number of benzene rings is 6. The quantitative estimate of drug-likeness (QED) is 0.140. The number of rotatable bonds is 10. The van der Waals surface area contributed by atoms with Crippen molar-refractivity contribution in [1.82, 2.24) is 0 Å². The average Bonchev–Trinajstić information content (AvgIpc) is 3.13. The van der Waals surface area contributed by atoms with Gasteiger partial charge in [-0.3, -0.25) is 0 Å². The Balaban J connectivity index is 1.90. The van der Waals surface area contributed by atoms with Gasteiger partial charge in [-0.05, 0) is 0 Å². The molecule has 268 valence electrons. The summed E-state index contributed by atoms with van der Waals surface area (Å²) in [6.45, 7) is 12.5. The Morgan fingerprint density at radius 2 is 0.827 bits per heavy atom. The summed E-state index contributed by atoms with van der Waals surface area (Å²) in [5.41, 5.74) is 1.29. The van der Waals surface area contributed by atoms with Crippen molar-refractivity contribution in [2.45, 2.75) is 57.8 Å². The molecule has 0 aliphatic carbocycles. The summed E-state index contributed by atoms with van der Waals surface area (Å²) in [6, 6.07) is 53.4. The minimum atomic E-state index is -4.41. The monoisotopic (exact) mass is 792 g/mol. The Morgan fingerprint density at radius 3 is 1.12 bits per heavy atom. The fraction of sp³-hybridized carbons (Fsp3) is 0.200. The van der Waals surface area contributed by atoms with Gasteiger partial charge in [-0.2, -0.15) is 0 Å². The van der Waals surface area contributed by atoms with Crippen LogP contribution in [0.1, 0.15) is 63.6 Å². The summed E-state index contributed by atoms with van der Waals surface area (Å²) in [5, 5.41) is 9.65. The molecule has 1 N–H and O–H groups in total. The van der Waals surface area contributed by atoms with Crippen LogP contribution in [0.25, 0.3) is 0 Å². The van der Waals surface area contributed by atoms with E-state index in [1.54, 1.807) is 0 Å². The number of phenols is 1. The van der Waals surface area contributed by atoms with Crippen molar-refractivity contribution in [3.63, 3.8) is 0 Å². The molecule has 0 aromatic heterocycles. The summed E-state index contributed by atoms with van der Waals surface area (Å²) < 4.78 is 30.8. The van der Waals surface area contributed by atoms with Gasteiger partial charge in [-0.15, -0.1) is 0 Å². The van der Waals surface area contributed by atoms with Crippen LogP contribution in [0.3, 0.4) is 0 Å². The van der Waals surface area contributed by atoms with Gasteiger partial charge in [-0.1, -0.05) is 0 Å². The van der Waals surface area contributed by atoms with Gasteiger partial charge in [0.1, 0.15) is 0 Å². The normalized spacial score (nSPS) is 13.8. The third-order valence-corrected chi connectivity index (χ3v) is 24.6. The Kier molecular flexibility index (Phi) is 10.4. The molecule has 7 heteroatoms. The predicted molar refractivity (Wildman–Crippen MR) is 224 cm³/mol. The Bertz CT molecular complexity index is 1980. The molecule has 0 radical (unpaired) electrons. The SMILES string of the molecule is CC(C)(C)c1cc(C(P(=O)(Oc2ccccc2)Oc2ccccc2)P(Br)(c2ccccc2)(c2ccccc2)c2ccccc2)cc(C(C)(C)C)c1O. The van der Waals surface area contributed by atoms with Crippen molar-refractivity contribution >= 4 is 44.3 Å². The van der Waals surface area contributed by atoms with Crippen LogP contribution in [0.5, 0.6) is 17.2 Å². The zero-order valence-electron chi connectivity index (χ0n) is 30.6. The number of aromatic hydroxyl groups is 1. The second kappa shape index (κ2) is 14.4. The second-order valence-corrected chi connectivity index (χ2v) is 26.3. The molecule has 0 fully saturated rings. The van der Waals surface area contributed by atoms with Crippen molar-refractivity contribution in [2.75, 3.05) is 0 Å². The average molecular weight is 794 g/mol. The van der Waals surface area contributed by atoms with Crippen LogP contribution < -0.4 is 25.0 Å². The molecule has 1 atom stereocenters. The van der Waals surface area contributed by atoms with Crippen LogP contribution in [0, 0.1) is 0 Å². The van der Waals surface area contributed by atoms with Gasteiger partial charge in [0.25, 0.3) is 0 Å². The predicted octanol–water partition coefficient (Wildman–Crippen LogP) is 12.2. The molecular weight excluding hydrogens is 746 g/mol. The maximum atomic E-state index is 16.9. The first-order valence-electron chi connectivity index (χ1n) is 17.5. The summed E-state index contributed by atoms with van der Waals surface area (Å²) in [5.74, 6) is 1.08. The maximum absolute atomic E-state index is 16.9. The summed E-state index contributed by atoms with van der Waals surface area (Å²) in [4.78, 5) is 0. The first kappa shape index (κ1) is 37.6. The van der Waals surface area contributed by atoms with Gasteiger partial charge in [-0.25, -0.2) is 0 Å². The first-order valence-corrected chi connectivity index (χ1v) is 23.5. The Labute approximate surface area is 317 Å². The molecule has 0 heterocycles. The van der Waals surface area contributed by atoms with E-state index in [0.29, 0.717) is 11.5 Å². The van der Waals surface area contributed by atoms with E-state index in [4.69, 9.17) is 9.05 Å². The standard InChI is InChI=1S/C45H47BrO4P2/c1-44(2,3)40-32-34(33-41(42(40)47)45(4,5)6)43(51(48,49-35-22-12-7-13-23-35)50-36-24-14-8-15-25-36)52(46,37-26-16-9-17-27-37,38-28-18-10-19-29-38)39-30-20-11-21-31-39/h7-33,43,47H,1-6H3. The van der Waals surface area contributed by atoms with E-state index in [1.165, 1.54) is 0 Å². The molecule has 4 nitrogen and oxygen atoms in total. The molecular formula is C45H47BrO4P2. The molecule has 0 saturated carbocycles. The molecule has 6 aromatic carbocycles. The minimum absolute atomic E-state index is 0.235. The first-order chi connectivity index (χ1) is 24.7. The molecule has 0 aliphatic heterocycles. The fourth-order valence-corrected chi connectivity index (χ4v) is 21.8. The van der Waals surface area contributed by atoms with E-state index in [9.17, 15) is 5.11 Å². The fourth-order valence-electron chi connectivity index (χ4n) is 7.08. The molecule has 52 heavy (non-hydrogen) atoms. The number of halogens is 1. The van der Waals surface area contributed by atoms with Gasteiger partial charge in [0.2, 0.25) is 0 Å². The molecule has 0 saturated heterocycles. The number of para-hydroxylation sites is 2. The summed E-state index contributed by atoms with van der Waals surface area (Å²) in [6.07, 6.45) is 0. The van der Waals surface area contributed by atoms with Gasteiger partial charge in [0.05, 0.1) is 0 Å². The molecule has 0 amide bonds. The molecule has 1 unspecified atom stereocenters. The van der Waals surface area contributed by atoms with Gasteiger partial charge >= 0.3 is 319 Å². The van der Waals surface area contributed by atoms with Crippen molar-refractivity contribution in [3.8, 4) is 17.2 Å².